The Bertz CT molecular complexity index is 1170. The van der Waals surface area contributed by atoms with E-state index in [0.717, 1.165) is 33.0 Å². The summed E-state index contributed by atoms with van der Waals surface area (Å²) in [6.45, 7) is 0. The van der Waals surface area contributed by atoms with Crippen molar-refractivity contribution in [1.29, 1.82) is 0 Å². The highest BCUT2D eigenvalue weighted by Gasteiger charge is 2.17. The predicted octanol–water partition coefficient (Wildman–Crippen LogP) is 3.99. The van der Waals surface area contributed by atoms with Gasteiger partial charge in [0, 0.05) is 22.5 Å². The van der Waals surface area contributed by atoms with Gasteiger partial charge in [-0.1, -0.05) is 36.4 Å². The summed E-state index contributed by atoms with van der Waals surface area (Å²) in [5.41, 5.74) is 4.56. The lowest BCUT2D eigenvalue weighted by Gasteiger charge is -2.04. The van der Waals surface area contributed by atoms with E-state index in [0.29, 0.717) is 11.3 Å². The van der Waals surface area contributed by atoms with Gasteiger partial charge in [0.15, 0.2) is 5.58 Å². The summed E-state index contributed by atoms with van der Waals surface area (Å²) < 4.78 is 5.99. The third kappa shape index (κ3) is 1.73. The molecule has 0 unspecified atom stereocenters. The number of nitrogens with zero attached hydrogens (tertiary/aromatic N) is 4. The number of pyridine rings is 1. The summed E-state index contributed by atoms with van der Waals surface area (Å²) in [6, 6.07) is 17.7. The molecule has 0 saturated heterocycles. The third-order valence-electron chi connectivity index (χ3n) is 3.96. The lowest BCUT2D eigenvalue weighted by molar-refractivity contribution is 0.663. The number of furan rings is 1. The van der Waals surface area contributed by atoms with Gasteiger partial charge >= 0.3 is 0 Å². The van der Waals surface area contributed by atoms with Crippen molar-refractivity contribution in [2.24, 2.45) is 0 Å². The van der Waals surface area contributed by atoms with Crippen LogP contribution >= 0.6 is 0 Å². The van der Waals surface area contributed by atoms with E-state index in [-0.39, 0.29) is 0 Å². The van der Waals surface area contributed by atoms with Crippen LogP contribution < -0.4 is 0 Å². The molecule has 0 atom stereocenters. The fourth-order valence-electron chi connectivity index (χ4n) is 2.92. The Morgan fingerprint density at radius 1 is 0.783 bits per heavy atom. The number of hydrogen-bond donors (Lipinski definition) is 0. The van der Waals surface area contributed by atoms with E-state index in [9.17, 15) is 0 Å². The molecule has 5 nitrogen and oxygen atoms in total. The molecular formula is C18H10N4O. The van der Waals surface area contributed by atoms with E-state index in [4.69, 9.17) is 4.42 Å². The van der Waals surface area contributed by atoms with Crippen LogP contribution in [-0.2, 0) is 0 Å². The van der Waals surface area contributed by atoms with Crippen molar-refractivity contribution >= 4 is 33.0 Å². The van der Waals surface area contributed by atoms with Crippen LogP contribution in [-0.4, -0.2) is 20.4 Å². The molecule has 0 amide bonds. The molecule has 23 heavy (non-hydrogen) atoms. The zero-order valence-electron chi connectivity index (χ0n) is 12.0. The average molecular weight is 298 g/mol. The van der Waals surface area contributed by atoms with Crippen LogP contribution in [0.3, 0.4) is 0 Å². The van der Waals surface area contributed by atoms with Gasteiger partial charge in [-0.25, -0.2) is 0 Å². The Kier molecular flexibility index (Phi) is 2.43. The van der Waals surface area contributed by atoms with Gasteiger partial charge in [-0.15, -0.1) is 10.2 Å². The summed E-state index contributed by atoms with van der Waals surface area (Å²) in [4.78, 5) is 4.49. The normalized spacial score (nSPS) is 11.5. The first-order valence-electron chi connectivity index (χ1n) is 7.26. The van der Waals surface area contributed by atoms with Crippen LogP contribution in [0.4, 0.5) is 0 Å². The fraction of sp³-hybridized carbons (Fsp3) is 0. The molecule has 2 aromatic carbocycles. The minimum Gasteiger partial charge on any atom is -0.452 e. The van der Waals surface area contributed by atoms with Crippen molar-refractivity contribution in [2.45, 2.75) is 0 Å². The van der Waals surface area contributed by atoms with Gasteiger partial charge < -0.3 is 4.42 Å². The van der Waals surface area contributed by atoms with Gasteiger partial charge in [-0.3, -0.25) is 4.98 Å². The fourth-order valence-corrected chi connectivity index (χ4v) is 2.92. The Labute approximate surface area is 130 Å². The van der Waals surface area contributed by atoms with Crippen molar-refractivity contribution < 1.29 is 4.42 Å². The van der Waals surface area contributed by atoms with Crippen molar-refractivity contribution in [3.8, 4) is 11.3 Å². The van der Waals surface area contributed by atoms with Crippen LogP contribution in [0.2, 0.25) is 0 Å². The van der Waals surface area contributed by atoms with Crippen LogP contribution in [0.5, 0.6) is 0 Å². The maximum Gasteiger partial charge on any atom is 0.184 e. The minimum atomic E-state index is 0.638. The van der Waals surface area contributed by atoms with Crippen LogP contribution in [0.1, 0.15) is 0 Å². The summed E-state index contributed by atoms with van der Waals surface area (Å²) in [5.74, 6) is 0. The third-order valence-corrected chi connectivity index (χ3v) is 3.96. The molecule has 0 aliphatic heterocycles. The number of fused-ring (bicyclic) bond motifs is 4. The molecule has 0 fully saturated rings. The van der Waals surface area contributed by atoms with Crippen molar-refractivity contribution in [2.75, 3.05) is 0 Å². The van der Waals surface area contributed by atoms with Crippen LogP contribution in [0.15, 0.2) is 65.2 Å². The van der Waals surface area contributed by atoms with Gasteiger partial charge in [-0.05, 0) is 23.4 Å². The van der Waals surface area contributed by atoms with Gasteiger partial charge in [0.1, 0.15) is 16.8 Å². The first kappa shape index (κ1) is 12.2. The molecular weight excluding hydrogens is 288 g/mol. The first-order chi connectivity index (χ1) is 11.4. The molecule has 5 aromatic rings. The van der Waals surface area contributed by atoms with Gasteiger partial charge in [0.05, 0.1) is 5.52 Å². The molecule has 3 heterocycles. The molecule has 5 heteroatoms. The number of para-hydroxylation sites is 2. The van der Waals surface area contributed by atoms with E-state index in [1.807, 2.05) is 54.6 Å². The summed E-state index contributed by atoms with van der Waals surface area (Å²) in [6.07, 6.45) is 1.77. The monoisotopic (exact) mass is 298 g/mol. The summed E-state index contributed by atoms with van der Waals surface area (Å²) in [7, 11) is 0. The van der Waals surface area contributed by atoms with Crippen molar-refractivity contribution in [3.05, 3.63) is 60.8 Å². The molecule has 0 saturated carbocycles. The first-order valence-corrected chi connectivity index (χ1v) is 7.26. The average Bonchev–Trinajstić information content (AvgIpc) is 3.00. The SMILES string of the molecule is c1cnc2c(-c3nnnc4c3oc3ccccc34)cccc2c1. The quantitative estimate of drug-likeness (QED) is 0.468. The lowest BCUT2D eigenvalue weighted by Crippen LogP contribution is -1.93. The number of rotatable bonds is 1. The minimum absolute atomic E-state index is 0.638. The van der Waals surface area contributed by atoms with E-state index in [1.165, 1.54) is 0 Å². The standard InChI is InChI=1S/C18H10N4O/c1-2-9-14-12(7-1)16-18(23-14)17(21-22-20-16)13-8-3-5-11-6-4-10-19-15(11)13/h1-10H. The number of aromatic nitrogens is 4. The van der Waals surface area contributed by atoms with Crippen LogP contribution in [0, 0.1) is 0 Å². The second kappa shape index (κ2) is 4.58. The van der Waals surface area contributed by atoms with Gasteiger partial charge in [0.25, 0.3) is 0 Å². The Balaban J connectivity index is 1.93. The molecule has 3 aromatic heterocycles. The molecule has 0 aliphatic carbocycles. The molecule has 0 spiro atoms. The highest BCUT2D eigenvalue weighted by molar-refractivity contribution is 6.08. The van der Waals surface area contributed by atoms with E-state index in [2.05, 4.69) is 20.4 Å². The second-order valence-corrected chi connectivity index (χ2v) is 5.29. The molecule has 108 valence electrons. The smallest absolute Gasteiger partial charge is 0.184 e. The Hall–Kier alpha value is -3.34. The lowest BCUT2D eigenvalue weighted by atomic mass is 10.1. The molecule has 0 N–H and O–H groups in total. The second-order valence-electron chi connectivity index (χ2n) is 5.29. The Morgan fingerprint density at radius 2 is 1.70 bits per heavy atom. The van der Waals surface area contributed by atoms with E-state index >= 15 is 0 Å². The van der Waals surface area contributed by atoms with Gasteiger partial charge in [0.2, 0.25) is 0 Å². The van der Waals surface area contributed by atoms with Crippen molar-refractivity contribution in [1.82, 2.24) is 20.4 Å². The maximum absolute atomic E-state index is 5.99. The summed E-state index contributed by atoms with van der Waals surface area (Å²) >= 11 is 0. The zero-order valence-corrected chi connectivity index (χ0v) is 12.0. The summed E-state index contributed by atoms with van der Waals surface area (Å²) in [5, 5.41) is 14.3. The molecule has 0 bridgehead atoms. The highest BCUT2D eigenvalue weighted by atomic mass is 16.3. The zero-order chi connectivity index (χ0) is 15.2. The van der Waals surface area contributed by atoms with E-state index in [1.54, 1.807) is 6.20 Å². The van der Waals surface area contributed by atoms with E-state index < -0.39 is 0 Å². The molecule has 0 radical (unpaired) electrons. The predicted molar refractivity (Wildman–Crippen MR) is 87.8 cm³/mol. The molecule has 0 aliphatic rings. The molecule has 5 rings (SSSR count). The van der Waals surface area contributed by atoms with Crippen molar-refractivity contribution in [3.63, 3.8) is 0 Å². The number of benzene rings is 2. The Morgan fingerprint density at radius 3 is 2.70 bits per heavy atom. The topological polar surface area (TPSA) is 64.7 Å². The largest absolute Gasteiger partial charge is 0.452 e. The van der Waals surface area contributed by atoms with Gasteiger partial charge in [-0.2, -0.15) is 0 Å². The van der Waals surface area contributed by atoms with Crippen LogP contribution in [0.25, 0.3) is 44.2 Å². The number of hydrogen-bond acceptors (Lipinski definition) is 5. The highest BCUT2D eigenvalue weighted by Crippen LogP contribution is 2.34. The maximum atomic E-state index is 5.99.